The van der Waals surface area contributed by atoms with Gasteiger partial charge in [-0.1, -0.05) is 12.1 Å². The Kier molecular flexibility index (Phi) is 4.70. The van der Waals surface area contributed by atoms with Crippen LogP contribution in [0.2, 0.25) is 0 Å². The molecule has 0 unspecified atom stereocenters. The number of fused-ring (bicyclic) bond motifs is 1. The van der Waals surface area contributed by atoms with Crippen LogP contribution >= 0.6 is 22.7 Å². The smallest absolute Gasteiger partial charge is 0.348 e. The van der Waals surface area contributed by atoms with Crippen LogP contribution in [0.3, 0.4) is 0 Å². The SMILES string of the molecule is O=C(Nc1cc(-c2cccc([N+](=O)[O-])c2)sc1C(=O)O)c1cc2c(s1)CCC2. The number of nitrogens with zero attached hydrogens (tertiary/aromatic N) is 1. The van der Waals surface area contributed by atoms with E-state index in [1.54, 1.807) is 18.2 Å². The summed E-state index contributed by atoms with van der Waals surface area (Å²) in [6.07, 6.45) is 3.04. The maximum Gasteiger partial charge on any atom is 0.348 e. The zero-order valence-corrected chi connectivity index (χ0v) is 16.1. The van der Waals surface area contributed by atoms with E-state index in [2.05, 4.69) is 5.32 Å². The topological polar surface area (TPSA) is 110 Å². The summed E-state index contributed by atoms with van der Waals surface area (Å²) >= 11 is 2.41. The summed E-state index contributed by atoms with van der Waals surface area (Å²) in [5.74, 6) is -1.50. The van der Waals surface area contributed by atoms with E-state index < -0.39 is 10.9 Å². The van der Waals surface area contributed by atoms with Crippen LogP contribution in [0.1, 0.15) is 36.2 Å². The number of carboxylic acids is 1. The summed E-state index contributed by atoms with van der Waals surface area (Å²) in [5.41, 5.74) is 1.83. The number of thiophene rings is 2. The van der Waals surface area contributed by atoms with Gasteiger partial charge in [0.2, 0.25) is 0 Å². The second-order valence-electron chi connectivity index (χ2n) is 6.33. The van der Waals surface area contributed by atoms with Crippen LogP contribution in [0.25, 0.3) is 10.4 Å². The first-order valence-electron chi connectivity index (χ1n) is 8.47. The van der Waals surface area contributed by atoms with Crippen molar-refractivity contribution < 1.29 is 19.6 Å². The first-order chi connectivity index (χ1) is 13.4. The number of nitrogens with one attached hydrogen (secondary N) is 1. The van der Waals surface area contributed by atoms with Gasteiger partial charge in [0.05, 0.1) is 15.5 Å². The molecule has 2 aromatic heterocycles. The molecule has 1 amide bonds. The zero-order chi connectivity index (χ0) is 19.8. The first-order valence-corrected chi connectivity index (χ1v) is 10.1. The van der Waals surface area contributed by atoms with Gasteiger partial charge < -0.3 is 10.4 Å². The van der Waals surface area contributed by atoms with Gasteiger partial charge in [-0.15, -0.1) is 22.7 Å². The summed E-state index contributed by atoms with van der Waals surface area (Å²) in [6, 6.07) is 9.38. The van der Waals surface area contributed by atoms with E-state index in [4.69, 9.17) is 0 Å². The van der Waals surface area contributed by atoms with E-state index in [0.717, 1.165) is 30.6 Å². The van der Waals surface area contributed by atoms with Crippen LogP contribution in [0.5, 0.6) is 0 Å². The molecular formula is C19H14N2O5S2. The number of amides is 1. The molecule has 0 saturated heterocycles. The lowest BCUT2D eigenvalue weighted by Gasteiger charge is -2.02. The third-order valence-corrected chi connectivity index (χ3v) is 6.89. The Balaban J connectivity index is 1.65. The minimum absolute atomic E-state index is 0.0149. The van der Waals surface area contributed by atoms with Crippen molar-refractivity contribution in [2.45, 2.75) is 19.3 Å². The highest BCUT2D eigenvalue weighted by Crippen LogP contribution is 2.37. The molecule has 0 aliphatic heterocycles. The minimum atomic E-state index is -1.16. The number of rotatable bonds is 5. The highest BCUT2D eigenvalue weighted by molar-refractivity contribution is 7.18. The molecule has 1 aromatic carbocycles. The van der Waals surface area contributed by atoms with Gasteiger partial charge in [0, 0.05) is 21.9 Å². The number of non-ortho nitro benzene ring substituents is 1. The normalized spacial score (nSPS) is 12.6. The van der Waals surface area contributed by atoms with Crippen LogP contribution in [-0.4, -0.2) is 21.9 Å². The van der Waals surface area contributed by atoms with Crippen LogP contribution in [0.4, 0.5) is 11.4 Å². The Bertz CT molecular complexity index is 1090. The zero-order valence-electron chi connectivity index (χ0n) is 14.4. The molecule has 1 aliphatic rings. The maximum absolute atomic E-state index is 12.6. The average Bonchev–Trinajstić information content (AvgIpc) is 3.36. The number of aromatic carboxylic acids is 1. The fraction of sp³-hybridized carbons (Fsp3) is 0.158. The molecule has 1 aliphatic carbocycles. The van der Waals surface area contributed by atoms with Gasteiger partial charge in [0.1, 0.15) is 4.88 Å². The average molecular weight is 414 g/mol. The number of hydrogen-bond donors (Lipinski definition) is 2. The van der Waals surface area contributed by atoms with Gasteiger partial charge in [0.25, 0.3) is 11.6 Å². The van der Waals surface area contributed by atoms with Crippen molar-refractivity contribution in [2.24, 2.45) is 0 Å². The molecule has 7 nitrogen and oxygen atoms in total. The van der Waals surface area contributed by atoms with Crippen molar-refractivity contribution in [3.63, 3.8) is 0 Å². The Hall–Kier alpha value is -3.04. The van der Waals surface area contributed by atoms with E-state index in [9.17, 15) is 24.8 Å². The lowest BCUT2D eigenvalue weighted by atomic mass is 10.1. The fourth-order valence-electron chi connectivity index (χ4n) is 3.18. The van der Waals surface area contributed by atoms with Crippen molar-refractivity contribution in [2.75, 3.05) is 5.32 Å². The highest BCUT2D eigenvalue weighted by atomic mass is 32.1. The predicted molar refractivity (Wildman–Crippen MR) is 108 cm³/mol. The molecular weight excluding hydrogens is 400 g/mol. The number of carboxylic acid groups (broad SMARTS) is 1. The van der Waals surface area contributed by atoms with E-state index >= 15 is 0 Å². The maximum atomic E-state index is 12.6. The van der Waals surface area contributed by atoms with Gasteiger partial charge in [-0.3, -0.25) is 14.9 Å². The second kappa shape index (κ2) is 7.17. The Morgan fingerprint density at radius 3 is 2.68 bits per heavy atom. The molecule has 3 aromatic rings. The molecule has 0 fully saturated rings. The number of carbonyl (C=O) groups excluding carboxylic acids is 1. The lowest BCUT2D eigenvalue weighted by molar-refractivity contribution is -0.384. The quantitative estimate of drug-likeness (QED) is 0.459. The number of carbonyl (C=O) groups is 2. The van der Waals surface area contributed by atoms with Gasteiger partial charge >= 0.3 is 5.97 Å². The van der Waals surface area contributed by atoms with Crippen molar-refractivity contribution in [1.82, 2.24) is 0 Å². The van der Waals surface area contributed by atoms with Gasteiger partial charge in [-0.05, 0) is 42.5 Å². The second-order valence-corrected chi connectivity index (χ2v) is 8.52. The van der Waals surface area contributed by atoms with Crippen LogP contribution in [0, 0.1) is 10.1 Å². The third kappa shape index (κ3) is 3.41. The molecule has 0 atom stereocenters. The molecule has 0 radical (unpaired) electrons. The van der Waals surface area contributed by atoms with Gasteiger partial charge in [0.15, 0.2) is 0 Å². The van der Waals surface area contributed by atoms with Crippen LogP contribution in [-0.2, 0) is 12.8 Å². The molecule has 0 saturated carbocycles. The van der Waals surface area contributed by atoms with E-state index in [1.807, 2.05) is 6.07 Å². The summed E-state index contributed by atoms with van der Waals surface area (Å²) in [6.45, 7) is 0. The fourth-order valence-corrected chi connectivity index (χ4v) is 5.28. The van der Waals surface area contributed by atoms with Gasteiger partial charge in [-0.2, -0.15) is 0 Å². The molecule has 0 bridgehead atoms. The monoisotopic (exact) mass is 414 g/mol. The molecule has 0 spiro atoms. The predicted octanol–water partition coefficient (Wildman–Crippen LogP) is 4.82. The number of hydrogen-bond acceptors (Lipinski definition) is 6. The first kappa shape index (κ1) is 18.3. The molecule has 2 heterocycles. The highest BCUT2D eigenvalue weighted by Gasteiger charge is 2.22. The standard InChI is InChI=1S/C19H14N2O5S2/c22-18(16-8-11-4-2-6-14(11)27-16)20-13-9-15(28-17(13)19(23)24)10-3-1-5-12(7-10)21(25)26/h1,3,5,7-9H,2,4,6H2,(H,20,22)(H,23,24). The Labute approximate surface area is 167 Å². The number of aryl methyl sites for hydroxylation is 2. The summed E-state index contributed by atoms with van der Waals surface area (Å²) < 4.78 is 0. The molecule has 142 valence electrons. The number of anilines is 1. The van der Waals surface area contributed by atoms with Crippen molar-refractivity contribution >= 4 is 45.9 Å². The molecule has 9 heteroatoms. The minimum Gasteiger partial charge on any atom is -0.477 e. The van der Waals surface area contributed by atoms with E-state index in [1.165, 1.54) is 33.9 Å². The van der Waals surface area contributed by atoms with E-state index in [-0.39, 0.29) is 22.2 Å². The van der Waals surface area contributed by atoms with Gasteiger partial charge in [-0.25, -0.2) is 4.79 Å². The molecule has 4 rings (SSSR count). The van der Waals surface area contributed by atoms with Crippen LogP contribution in [0.15, 0.2) is 36.4 Å². The molecule has 28 heavy (non-hydrogen) atoms. The lowest BCUT2D eigenvalue weighted by Crippen LogP contribution is -2.12. The van der Waals surface area contributed by atoms with Crippen molar-refractivity contribution in [3.8, 4) is 10.4 Å². The third-order valence-electron chi connectivity index (χ3n) is 4.49. The number of nitro groups is 1. The van der Waals surface area contributed by atoms with E-state index in [0.29, 0.717) is 15.3 Å². The summed E-state index contributed by atoms with van der Waals surface area (Å²) in [7, 11) is 0. The molecule has 2 N–H and O–H groups in total. The largest absolute Gasteiger partial charge is 0.477 e. The van der Waals surface area contributed by atoms with Crippen molar-refractivity contribution in [3.05, 3.63) is 66.7 Å². The Morgan fingerprint density at radius 2 is 1.96 bits per heavy atom. The summed E-state index contributed by atoms with van der Waals surface area (Å²) in [5, 5.41) is 23.2. The van der Waals surface area contributed by atoms with Crippen LogP contribution < -0.4 is 5.32 Å². The summed E-state index contributed by atoms with van der Waals surface area (Å²) in [4.78, 5) is 37.0. The Morgan fingerprint density at radius 1 is 1.14 bits per heavy atom. The van der Waals surface area contributed by atoms with Crippen molar-refractivity contribution in [1.29, 1.82) is 0 Å². The number of nitro benzene ring substituents is 1. The number of benzene rings is 1.